The molecule has 1 heterocycles. The first-order chi connectivity index (χ1) is 10.7. The molecule has 4 nitrogen and oxygen atoms in total. The van der Waals surface area contributed by atoms with Crippen molar-refractivity contribution in [2.45, 2.75) is 58.4 Å². The monoisotopic (exact) mass is 304 g/mol. The highest BCUT2D eigenvalue weighted by Gasteiger charge is 2.14. The molecule has 0 atom stereocenters. The number of rotatable bonds is 4. The first-order valence-electron chi connectivity index (χ1n) is 8.27. The van der Waals surface area contributed by atoms with Crippen molar-refractivity contribution in [3.63, 3.8) is 0 Å². The highest BCUT2D eigenvalue weighted by Crippen LogP contribution is 2.30. The van der Waals surface area contributed by atoms with Crippen LogP contribution in [0, 0.1) is 0 Å². The quantitative estimate of drug-likeness (QED) is 0.894. The number of hydrogen-bond acceptors (Lipinski definition) is 4. The minimum atomic E-state index is 0.278. The van der Waals surface area contributed by atoms with E-state index in [1.165, 1.54) is 32.1 Å². The number of methoxy groups -OCH3 is 1. The zero-order chi connectivity index (χ0) is 15.9. The van der Waals surface area contributed by atoms with Gasteiger partial charge in [0.15, 0.2) is 17.2 Å². The van der Waals surface area contributed by atoms with Crippen molar-refractivity contribution in [3.05, 3.63) is 23.6 Å². The molecule has 1 aliphatic rings. The van der Waals surface area contributed by atoms with Crippen molar-refractivity contribution in [3.8, 4) is 5.75 Å². The molecule has 4 heteroatoms. The van der Waals surface area contributed by atoms with Crippen LogP contribution >= 0.6 is 0 Å². The van der Waals surface area contributed by atoms with Crippen LogP contribution in [0.4, 0.5) is 0 Å². The molecule has 1 aromatic heterocycles. The predicted molar refractivity (Wildman–Crippen MR) is 90.5 cm³/mol. The van der Waals surface area contributed by atoms with E-state index >= 15 is 0 Å². The largest absolute Gasteiger partial charge is 0.493 e. The highest BCUT2D eigenvalue weighted by atomic mass is 16.5. The topological polar surface area (TPSA) is 47.3 Å². The van der Waals surface area contributed by atoms with Crippen molar-refractivity contribution < 1.29 is 9.15 Å². The molecule has 1 saturated carbocycles. The normalized spacial score (nSPS) is 14.2. The van der Waals surface area contributed by atoms with Crippen LogP contribution < -0.4 is 10.1 Å². The smallest absolute Gasteiger partial charge is 0.198 e. The maximum atomic E-state index is 5.73. The fraction of sp³-hybridized carbons (Fsp3) is 0.611. The Morgan fingerprint density at radius 3 is 2.32 bits per heavy atom. The standard InChI is InChI=1S/C13H18N2O2.C5H10/c1-8(2)13-15-10-5-9(7-14-3)6-11(16-4)12(10)17-13;1-2-4-5-3-1/h5-6,8,14H,7H2,1-4H3;1-5H2. The lowest BCUT2D eigenvalue weighted by molar-refractivity contribution is 0.404. The van der Waals surface area contributed by atoms with E-state index < -0.39 is 0 Å². The van der Waals surface area contributed by atoms with Gasteiger partial charge in [0.05, 0.1) is 7.11 Å². The Hall–Kier alpha value is -1.55. The molecule has 0 spiro atoms. The SMILES string of the molecule is C1CCCC1.CNCc1cc(OC)c2oc(C(C)C)nc2c1. The molecule has 1 N–H and O–H groups in total. The number of fused-ring (bicyclic) bond motifs is 1. The Morgan fingerprint density at radius 2 is 1.82 bits per heavy atom. The maximum Gasteiger partial charge on any atom is 0.198 e. The van der Waals surface area contributed by atoms with Crippen molar-refractivity contribution in [2.24, 2.45) is 0 Å². The van der Waals surface area contributed by atoms with Gasteiger partial charge in [-0.2, -0.15) is 0 Å². The van der Waals surface area contributed by atoms with Crippen LogP contribution in [0.2, 0.25) is 0 Å². The summed E-state index contributed by atoms with van der Waals surface area (Å²) in [6.07, 6.45) is 7.50. The lowest BCUT2D eigenvalue weighted by Gasteiger charge is -2.04. The molecule has 0 saturated heterocycles. The Kier molecular flexibility index (Phi) is 6.25. The van der Waals surface area contributed by atoms with Crippen LogP contribution in [0.1, 0.15) is 63.3 Å². The fourth-order valence-electron chi connectivity index (χ4n) is 2.66. The summed E-state index contributed by atoms with van der Waals surface area (Å²) in [7, 11) is 3.56. The Morgan fingerprint density at radius 1 is 1.18 bits per heavy atom. The summed E-state index contributed by atoms with van der Waals surface area (Å²) in [6.45, 7) is 4.91. The number of ether oxygens (including phenoxy) is 1. The summed E-state index contributed by atoms with van der Waals surface area (Å²) in [6, 6.07) is 4.01. The molecule has 1 aliphatic carbocycles. The number of benzene rings is 1. The summed E-state index contributed by atoms with van der Waals surface area (Å²) in [5.41, 5.74) is 2.73. The summed E-state index contributed by atoms with van der Waals surface area (Å²) in [5.74, 6) is 1.77. The predicted octanol–water partition coefficient (Wildman–Crippen LogP) is 4.63. The number of hydrogen-bond donors (Lipinski definition) is 1. The Labute approximate surface area is 133 Å². The Balaban J connectivity index is 0.000000299. The number of oxazole rings is 1. The molecule has 0 bridgehead atoms. The first kappa shape index (κ1) is 16.8. The average molecular weight is 304 g/mol. The number of aromatic nitrogens is 1. The minimum Gasteiger partial charge on any atom is -0.493 e. The van der Waals surface area contributed by atoms with Crippen LogP contribution in [0.25, 0.3) is 11.1 Å². The van der Waals surface area contributed by atoms with E-state index in [2.05, 4.69) is 24.1 Å². The summed E-state index contributed by atoms with van der Waals surface area (Å²) >= 11 is 0. The van der Waals surface area contributed by atoms with E-state index in [9.17, 15) is 0 Å². The fourth-order valence-corrected chi connectivity index (χ4v) is 2.66. The molecule has 3 rings (SSSR count). The van der Waals surface area contributed by atoms with Gasteiger partial charge in [-0.15, -0.1) is 0 Å². The second-order valence-corrected chi connectivity index (χ2v) is 6.15. The van der Waals surface area contributed by atoms with Gasteiger partial charge in [0.25, 0.3) is 0 Å². The molecule has 122 valence electrons. The number of nitrogens with one attached hydrogen (secondary N) is 1. The van der Waals surface area contributed by atoms with Gasteiger partial charge in [-0.25, -0.2) is 4.98 Å². The average Bonchev–Trinajstić information content (AvgIpc) is 3.19. The van der Waals surface area contributed by atoms with E-state index in [4.69, 9.17) is 9.15 Å². The van der Waals surface area contributed by atoms with E-state index in [0.717, 1.165) is 34.8 Å². The molecule has 1 fully saturated rings. The molecule has 22 heavy (non-hydrogen) atoms. The van der Waals surface area contributed by atoms with Crippen LogP contribution in [0.3, 0.4) is 0 Å². The molecular formula is C18H28N2O2. The molecule has 1 aromatic carbocycles. The van der Waals surface area contributed by atoms with Crippen LogP contribution in [0.15, 0.2) is 16.5 Å². The van der Waals surface area contributed by atoms with Crippen LogP contribution in [0.5, 0.6) is 5.75 Å². The van der Waals surface area contributed by atoms with Crippen LogP contribution in [-0.2, 0) is 6.54 Å². The Bertz CT molecular complexity index is 578. The van der Waals surface area contributed by atoms with Crippen molar-refractivity contribution >= 4 is 11.1 Å². The maximum absolute atomic E-state index is 5.73. The van der Waals surface area contributed by atoms with E-state index in [-0.39, 0.29) is 5.92 Å². The van der Waals surface area contributed by atoms with Gasteiger partial charge in [-0.05, 0) is 24.7 Å². The van der Waals surface area contributed by atoms with Crippen molar-refractivity contribution in [1.29, 1.82) is 0 Å². The van der Waals surface area contributed by atoms with Gasteiger partial charge in [-0.1, -0.05) is 46.0 Å². The van der Waals surface area contributed by atoms with Gasteiger partial charge in [0, 0.05) is 12.5 Å². The van der Waals surface area contributed by atoms with Gasteiger partial charge < -0.3 is 14.5 Å². The summed E-state index contributed by atoms with van der Waals surface area (Å²) < 4.78 is 11.1. The lowest BCUT2D eigenvalue weighted by Crippen LogP contribution is -2.05. The second-order valence-electron chi connectivity index (χ2n) is 6.15. The molecule has 0 radical (unpaired) electrons. The third kappa shape index (κ3) is 4.23. The van der Waals surface area contributed by atoms with Gasteiger partial charge >= 0.3 is 0 Å². The second kappa shape index (κ2) is 8.18. The zero-order valence-corrected chi connectivity index (χ0v) is 14.2. The summed E-state index contributed by atoms with van der Waals surface area (Å²) in [5, 5.41) is 3.12. The summed E-state index contributed by atoms with van der Waals surface area (Å²) in [4.78, 5) is 4.49. The van der Waals surface area contributed by atoms with E-state index in [1.54, 1.807) is 7.11 Å². The van der Waals surface area contributed by atoms with E-state index in [1.807, 2.05) is 19.2 Å². The van der Waals surface area contributed by atoms with Gasteiger partial charge in [0.2, 0.25) is 0 Å². The minimum absolute atomic E-state index is 0.278. The molecule has 0 amide bonds. The van der Waals surface area contributed by atoms with Gasteiger partial charge in [-0.3, -0.25) is 0 Å². The van der Waals surface area contributed by atoms with Crippen molar-refractivity contribution in [2.75, 3.05) is 14.2 Å². The lowest BCUT2D eigenvalue weighted by atomic mass is 10.2. The molecule has 0 unspecified atom stereocenters. The zero-order valence-electron chi connectivity index (χ0n) is 14.2. The first-order valence-corrected chi connectivity index (χ1v) is 8.27. The number of nitrogens with zero attached hydrogens (tertiary/aromatic N) is 1. The molecule has 0 aliphatic heterocycles. The van der Waals surface area contributed by atoms with Crippen molar-refractivity contribution in [1.82, 2.24) is 10.3 Å². The molecular weight excluding hydrogens is 276 g/mol. The van der Waals surface area contributed by atoms with Gasteiger partial charge in [0.1, 0.15) is 5.52 Å². The highest BCUT2D eigenvalue weighted by molar-refractivity contribution is 5.80. The van der Waals surface area contributed by atoms with E-state index in [0.29, 0.717) is 0 Å². The third-order valence-corrected chi connectivity index (χ3v) is 3.88. The molecule has 2 aromatic rings. The third-order valence-electron chi connectivity index (χ3n) is 3.88. The van der Waals surface area contributed by atoms with Crippen LogP contribution in [-0.4, -0.2) is 19.1 Å².